The normalized spacial score (nSPS) is 9.12. The van der Waals surface area contributed by atoms with Gasteiger partial charge in [0.05, 0.1) is 6.61 Å². The highest BCUT2D eigenvalue weighted by Gasteiger charge is 2.02. The van der Waals surface area contributed by atoms with Crippen molar-refractivity contribution in [3.63, 3.8) is 0 Å². The van der Waals surface area contributed by atoms with Crippen LogP contribution >= 0.6 is 0 Å². The zero-order valence-corrected chi connectivity index (χ0v) is 10.0. The van der Waals surface area contributed by atoms with Crippen LogP contribution in [0.15, 0.2) is 24.3 Å². The SMILES string of the molecule is CN(C)C(=O)Nc1ccc(C#CCCO)cc1. The van der Waals surface area contributed by atoms with Gasteiger partial charge in [0, 0.05) is 31.8 Å². The monoisotopic (exact) mass is 232 g/mol. The highest BCUT2D eigenvalue weighted by Crippen LogP contribution is 2.09. The molecule has 1 aromatic rings. The van der Waals surface area contributed by atoms with E-state index in [-0.39, 0.29) is 12.6 Å². The molecule has 4 nitrogen and oxygen atoms in total. The van der Waals surface area contributed by atoms with Gasteiger partial charge >= 0.3 is 6.03 Å². The molecule has 17 heavy (non-hydrogen) atoms. The lowest BCUT2D eigenvalue weighted by atomic mass is 10.2. The Morgan fingerprint density at radius 2 is 2.00 bits per heavy atom. The third-order valence-electron chi connectivity index (χ3n) is 2.01. The minimum Gasteiger partial charge on any atom is -0.395 e. The number of hydrogen-bond acceptors (Lipinski definition) is 2. The summed E-state index contributed by atoms with van der Waals surface area (Å²) in [4.78, 5) is 12.8. The van der Waals surface area contributed by atoms with Gasteiger partial charge in [-0.3, -0.25) is 0 Å². The molecule has 0 radical (unpaired) electrons. The molecular formula is C13H16N2O2. The highest BCUT2D eigenvalue weighted by molar-refractivity contribution is 5.88. The summed E-state index contributed by atoms with van der Waals surface area (Å²) < 4.78 is 0. The molecule has 2 N–H and O–H groups in total. The molecule has 4 heteroatoms. The van der Waals surface area contributed by atoms with Gasteiger partial charge in [0.25, 0.3) is 0 Å². The van der Waals surface area contributed by atoms with Crippen LogP contribution in [0.4, 0.5) is 10.5 Å². The molecule has 0 spiro atoms. The zero-order chi connectivity index (χ0) is 12.7. The van der Waals surface area contributed by atoms with Gasteiger partial charge in [0.1, 0.15) is 0 Å². The maximum atomic E-state index is 11.4. The molecule has 1 rings (SSSR count). The molecule has 0 fully saturated rings. The number of nitrogens with one attached hydrogen (secondary N) is 1. The third-order valence-corrected chi connectivity index (χ3v) is 2.01. The van der Waals surface area contributed by atoms with E-state index < -0.39 is 0 Å². The first-order chi connectivity index (χ1) is 8.13. The zero-order valence-electron chi connectivity index (χ0n) is 10.0. The number of benzene rings is 1. The second kappa shape index (κ2) is 6.56. The van der Waals surface area contributed by atoms with E-state index in [0.717, 1.165) is 11.3 Å². The summed E-state index contributed by atoms with van der Waals surface area (Å²) in [5.41, 5.74) is 1.60. The second-order valence-electron chi connectivity index (χ2n) is 3.68. The summed E-state index contributed by atoms with van der Waals surface area (Å²) in [5.74, 6) is 5.75. The number of aliphatic hydroxyl groups excluding tert-OH is 1. The number of aliphatic hydroxyl groups is 1. The maximum Gasteiger partial charge on any atom is 0.321 e. The van der Waals surface area contributed by atoms with Crippen molar-refractivity contribution < 1.29 is 9.90 Å². The topological polar surface area (TPSA) is 52.6 Å². The molecule has 0 heterocycles. The van der Waals surface area contributed by atoms with Crippen LogP contribution in [0.5, 0.6) is 0 Å². The Balaban J connectivity index is 2.63. The summed E-state index contributed by atoms with van der Waals surface area (Å²) in [6.45, 7) is 0.0734. The van der Waals surface area contributed by atoms with Gasteiger partial charge in [-0.25, -0.2) is 4.79 Å². The van der Waals surface area contributed by atoms with Crippen molar-refractivity contribution in [3.8, 4) is 11.8 Å². The van der Waals surface area contributed by atoms with Crippen LogP contribution in [-0.2, 0) is 0 Å². The lowest BCUT2D eigenvalue weighted by molar-refractivity contribution is 0.230. The second-order valence-corrected chi connectivity index (χ2v) is 3.68. The number of urea groups is 1. The first kappa shape index (κ1) is 13.1. The van der Waals surface area contributed by atoms with Crippen LogP contribution in [0.25, 0.3) is 0 Å². The molecule has 0 bridgehead atoms. The Hall–Kier alpha value is -1.99. The van der Waals surface area contributed by atoms with E-state index in [4.69, 9.17) is 5.11 Å². The molecule has 0 aromatic heterocycles. The molecule has 0 saturated carbocycles. The molecule has 0 atom stereocenters. The van der Waals surface area contributed by atoms with Crippen molar-refractivity contribution in [1.82, 2.24) is 4.90 Å². The van der Waals surface area contributed by atoms with Crippen LogP contribution in [0.3, 0.4) is 0 Å². The minimum absolute atomic E-state index is 0.0734. The van der Waals surface area contributed by atoms with Gasteiger partial charge in [-0.15, -0.1) is 0 Å². The Morgan fingerprint density at radius 1 is 1.35 bits per heavy atom. The summed E-state index contributed by atoms with van der Waals surface area (Å²) in [5, 5.41) is 11.3. The number of amides is 2. The fourth-order valence-electron chi connectivity index (χ4n) is 1.09. The maximum absolute atomic E-state index is 11.4. The Labute approximate surface area is 101 Å². The smallest absolute Gasteiger partial charge is 0.321 e. The first-order valence-corrected chi connectivity index (χ1v) is 5.31. The molecule has 0 unspecified atom stereocenters. The predicted molar refractivity (Wildman–Crippen MR) is 67.7 cm³/mol. The number of hydrogen-bond donors (Lipinski definition) is 2. The van der Waals surface area contributed by atoms with E-state index in [1.54, 1.807) is 26.2 Å². The fraction of sp³-hybridized carbons (Fsp3) is 0.308. The lowest BCUT2D eigenvalue weighted by Gasteiger charge is -2.11. The van der Waals surface area contributed by atoms with Gasteiger partial charge < -0.3 is 15.3 Å². The summed E-state index contributed by atoms with van der Waals surface area (Å²) >= 11 is 0. The lowest BCUT2D eigenvalue weighted by Crippen LogP contribution is -2.27. The van der Waals surface area contributed by atoms with Gasteiger partial charge in [-0.1, -0.05) is 11.8 Å². The molecule has 0 aliphatic heterocycles. The number of anilines is 1. The average molecular weight is 232 g/mol. The number of carbonyl (C=O) groups is 1. The molecular weight excluding hydrogens is 216 g/mol. The number of carbonyl (C=O) groups excluding carboxylic acids is 1. The molecule has 1 aromatic carbocycles. The standard InChI is InChI=1S/C13H16N2O2/c1-15(2)13(17)14-12-8-6-11(7-9-12)5-3-4-10-16/h6-9,16H,4,10H2,1-2H3,(H,14,17). The highest BCUT2D eigenvalue weighted by atomic mass is 16.2. The Bertz CT molecular complexity index is 427. The van der Waals surface area contributed by atoms with E-state index in [1.165, 1.54) is 4.90 Å². The minimum atomic E-state index is -0.163. The van der Waals surface area contributed by atoms with Gasteiger partial charge in [-0.2, -0.15) is 0 Å². The first-order valence-electron chi connectivity index (χ1n) is 5.31. The van der Waals surface area contributed by atoms with E-state index >= 15 is 0 Å². The van der Waals surface area contributed by atoms with Crippen molar-refractivity contribution in [1.29, 1.82) is 0 Å². The van der Waals surface area contributed by atoms with Crippen LogP contribution in [0.2, 0.25) is 0 Å². The molecule has 0 aliphatic carbocycles. The van der Waals surface area contributed by atoms with E-state index in [9.17, 15) is 4.79 Å². The van der Waals surface area contributed by atoms with Crippen molar-refractivity contribution in [2.45, 2.75) is 6.42 Å². The summed E-state index contributed by atoms with van der Waals surface area (Å²) in [6.07, 6.45) is 0.471. The largest absolute Gasteiger partial charge is 0.395 e. The third kappa shape index (κ3) is 4.58. The quantitative estimate of drug-likeness (QED) is 0.759. The Morgan fingerprint density at radius 3 is 2.53 bits per heavy atom. The fourth-order valence-corrected chi connectivity index (χ4v) is 1.09. The van der Waals surface area contributed by atoms with Gasteiger partial charge in [0.2, 0.25) is 0 Å². The van der Waals surface area contributed by atoms with Gasteiger partial charge in [0.15, 0.2) is 0 Å². The number of nitrogens with zero attached hydrogens (tertiary/aromatic N) is 1. The van der Waals surface area contributed by atoms with Crippen molar-refractivity contribution in [3.05, 3.63) is 29.8 Å². The average Bonchev–Trinajstić information content (AvgIpc) is 2.31. The van der Waals surface area contributed by atoms with Crippen LogP contribution in [-0.4, -0.2) is 36.7 Å². The van der Waals surface area contributed by atoms with Crippen molar-refractivity contribution in [2.24, 2.45) is 0 Å². The predicted octanol–water partition coefficient (Wildman–Crippen LogP) is 1.51. The Kier molecular flexibility index (Phi) is 5.05. The van der Waals surface area contributed by atoms with E-state index in [1.807, 2.05) is 12.1 Å². The van der Waals surface area contributed by atoms with Gasteiger partial charge in [-0.05, 0) is 24.3 Å². The van der Waals surface area contributed by atoms with Crippen molar-refractivity contribution in [2.75, 3.05) is 26.0 Å². The van der Waals surface area contributed by atoms with Crippen LogP contribution < -0.4 is 5.32 Å². The molecule has 2 amide bonds. The summed E-state index contributed by atoms with van der Waals surface area (Å²) in [7, 11) is 3.37. The number of rotatable bonds is 2. The molecule has 0 saturated heterocycles. The van der Waals surface area contributed by atoms with Crippen molar-refractivity contribution >= 4 is 11.7 Å². The molecule has 0 aliphatic rings. The van der Waals surface area contributed by atoms with E-state index in [2.05, 4.69) is 17.2 Å². The molecule has 90 valence electrons. The van der Waals surface area contributed by atoms with Crippen LogP contribution in [0, 0.1) is 11.8 Å². The summed E-state index contributed by atoms with van der Waals surface area (Å²) in [6, 6.07) is 7.09. The van der Waals surface area contributed by atoms with E-state index in [0.29, 0.717) is 6.42 Å². The van der Waals surface area contributed by atoms with Crippen LogP contribution in [0.1, 0.15) is 12.0 Å².